The van der Waals surface area contributed by atoms with Crippen LogP contribution in [0.15, 0.2) is 71.5 Å². The van der Waals surface area contributed by atoms with Gasteiger partial charge in [0.05, 0.1) is 20.1 Å². The number of nitrogens with one attached hydrogen (secondary N) is 1. The van der Waals surface area contributed by atoms with Gasteiger partial charge in [0, 0.05) is 22.2 Å². The van der Waals surface area contributed by atoms with Crippen molar-refractivity contribution < 1.29 is 18.9 Å². The molecule has 154 valence electrons. The Morgan fingerprint density at radius 1 is 1.13 bits per heavy atom. The monoisotopic (exact) mass is 599 g/mol. The van der Waals surface area contributed by atoms with E-state index in [0.29, 0.717) is 31.8 Å². The highest BCUT2D eigenvalue weighted by Crippen LogP contribution is 2.36. The quantitative estimate of drug-likeness (QED) is 0.213. The normalized spacial score (nSPS) is 10.9. The zero-order chi connectivity index (χ0) is 21.7. The molecule has 2 aromatic carbocycles. The van der Waals surface area contributed by atoms with Crippen LogP contribution in [0.2, 0.25) is 0 Å². The third-order valence-corrected chi connectivity index (χ3v) is 5.32. The van der Waals surface area contributed by atoms with E-state index in [1.807, 2.05) is 0 Å². The molecule has 1 amide bonds. The van der Waals surface area contributed by atoms with Gasteiger partial charge in [0.15, 0.2) is 6.61 Å². The SMILES string of the molecule is O=C(COc1c(Br)cc(Br)cc1Br)N/N=C/c1ccc(-c2ccc([N+](=O)[O-])cc2)o1. The fourth-order valence-corrected chi connectivity index (χ4v) is 4.82. The molecule has 0 unspecified atom stereocenters. The van der Waals surface area contributed by atoms with Gasteiger partial charge in [-0.1, -0.05) is 15.9 Å². The van der Waals surface area contributed by atoms with Crippen LogP contribution in [-0.2, 0) is 4.79 Å². The number of furan rings is 1. The predicted molar refractivity (Wildman–Crippen MR) is 122 cm³/mol. The van der Waals surface area contributed by atoms with E-state index in [0.717, 1.165) is 4.47 Å². The Morgan fingerprint density at radius 3 is 2.43 bits per heavy atom. The first-order valence-electron chi connectivity index (χ1n) is 8.27. The van der Waals surface area contributed by atoms with Gasteiger partial charge in [-0.3, -0.25) is 14.9 Å². The summed E-state index contributed by atoms with van der Waals surface area (Å²) in [6, 6.07) is 13.0. The third-order valence-electron chi connectivity index (χ3n) is 3.68. The van der Waals surface area contributed by atoms with Gasteiger partial charge in [0.25, 0.3) is 11.6 Å². The van der Waals surface area contributed by atoms with Crippen molar-refractivity contribution in [2.24, 2.45) is 5.10 Å². The number of amides is 1. The van der Waals surface area contributed by atoms with Crippen molar-refractivity contribution in [3.05, 3.63) is 77.8 Å². The Bertz CT molecular complexity index is 1090. The van der Waals surface area contributed by atoms with Crippen molar-refractivity contribution in [3.8, 4) is 17.1 Å². The lowest BCUT2D eigenvalue weighted by atomic mass is 10.1. The summed E-state index contributed by atoms with van der Waals surface area (Å²) in [5.41, 5.74) is 3.03. The molecule has 0 atom stereocenters. The minimum Gasteiger partial charge on any atom is -0.481 e. The van der Waals surface area contributed by atoms with Crippen molar-refractivity contribution in [1.82, 2.24) is 5.43 Å². The lowest BCUT2D eigenvalue weighted by Crippen LogP contribution is -2.24. The number of rotatable bonds is 7. The van der Waals surface area contributed by atoms with Crippen LogP contribution >= 0.6 is 47.8 Å². The van der Waals surface area contributed by atoms with Gasteiger partial charge in [0.1, 0.15) is 17.3 Å². The Labute approximate surface area is 195 Å². The second-order valence-electron chi connectivity index (χ2n) is 5.79. The fourth-order valence-electron chi connectivity index (χ4n) is 2.33. The molecule has 0 saturated heterocycles. The van der Waals surface area contributed by atoms with Crippen LogP contribution in [0.4, 0.5) is 5.69 Å². The predicted octanol–water partition coefficient (Wildman–Crippen LogP) is 5.67. The number of carbonyl (C=O) groups excluding carboxylic acids is 1. The summed E-state index contributed by atoms with van der Waals surface area (Å²) in [7, 11) is 0. The fraction of sp³-hybridized carbons (Fsp3) is 0.0526. The molecule has 3 rings (SSSR count). The summed E-state index contributed by atoms with van der Waals surface area (Å²) < 4.78 is 13.3. The number of hydrogen-bond donors (Lipinski definition) is 1. The molecule has 30 heavy (non-hydrogen) atoms. The highest BCUT2D eigenvalue weighted by atomic mass is 79.9. The number of non-ortho nitro benzene ring substituents is 1. The van der Waals surface area contributed by atoms with E-state index in [2.05, 4.69) is 58.3 Å². The van der Waals surface area contributed by atoms with Gasteiger partial charge in [-0.15, -0.1) is 0 Å². The van der Waals surface area contributed by atoms with E-state index in [-0.39, 0.29) is 12.3 Å². The van der Waals surface area contributed by atoms with Crippen molar-refractivity contribution in [3.63, 3.8) is 0 Å². The van der Waals surface area contributed by atoms with Crippen LogP contribution in [0.25, 0.3) is 11.3 Å². The Morgan fingerprint density at radius 2 is 1.80 bits per heavy atom. The molecule has 0 aliphatic carbocycles. The molecule has 8 nitrogen and oxygen atoms in total. The van der Waals surface area contributed by atoms with E-state index in [9.17, 15) is 14.9 Å². The smallest absolute Gasteiger partial charge is 0.277 e. The number of hydrazone groups is 1. The molecule has 0 aliphatic heterocycles. The molecule has 0 fully saturated rings. The highest BCUT2D eigenvalue weighted by molar-refractivity contribution is 9.11. The summed E-state index contributed by atoms with van der Waals surface area (Å²) >= 11 is 10.1. The van der Waals surface area contributed by atoms with E-state index < -0.39 is 10.8 Å². The third kappa shape index (κ3) is 5.77. The van der Waals surface area contributed by atoms with Crippen molar-refractivity contribution in [2.75, 3.05) is 6.61 Å². The molecule has 0 radical (unpaired) electrons. The molecule has 3 aromatic rings. The van der Waals surface area contributed by atoms with Crippen LogP contribution in [0.3, 0.4) is 0 Å². The van der Waals surface area contributed by atoms with Gasteiger partial charge in [-0.05, 0) is 68.3 Å². The lowest BCUT2D eigenvalue weighted by molar-refractivity contribution is -0.384. The maximum atomic E-state index is 11.9. The van der Waals surface area contributed by atoms with Crippen LogP contribution in [0.1, 0.15) is 5.76 Å². The zero-order valence-electron chi connectivity index (χ0n) is 15.0. The summed E-state index contributed by atoms with van der Waals surface area (Å²) in [6.07, 6.45) is 1.35. The van der Waals surface area contributed by atoms with Gasteiger partial charge in [0.2, 0.25) is 0 Å². The second kappa shape index (κ2) is 10.0. The van der Waals surface area contributed by atoms with E-state index >= 15 is 0 Å². The number of benzene rings is 2. The maximum Gasteiger partial charge on any atom is 0.277 e. The molecular weight excluding hydrogens is 590 g/mol. The van der Waals surface area contributed by atoms with Gasteiger partial charge in [-0.25, -0.2) is 5.43 Å². The van der Waals surface area contributed by atoms with Crippen molar-refractivity contribution >= 4 is 65.6 Å². The molecule has 0 bridgehead atoms. The van der Waals surface area contributed by atoms with Gasteiger partial charge >= 0.3 is 0 Å². The van der Waals surface area contributed by atoms with Crippen LogP contribution in [0.5, 0.6) is 5.75 Å². The average molecular weight is 602 g/mol. The minimum atomic E-state index is -0.468. The molecule has 1 aromatic heterocycles. The highest BCUT2D eigenvalue weighted by Gasteiger charge is 2.11. The largest absolute Gasteiger partial charge is 0.481 e. The molecule has 1 N–H and O–H groups in total. The number of carbonyl (C=O) groups is 1. The summed E-state index contributed by atoms with van der Waals surface area (Å²) in [5, 5.41) is 14.6. The number of ether oxygens (including phenoxy) is 1. The zero-order valence-corrected chi connectivity index (χ0v) is 19.7. The first-order chi connectivity index (χ1) is 14.3. The van der Waals surface area contributed by atoms with Gasteiger partial charge in [-0.2, -0.15) is 5.10 Å². The minimum absolute atomic E-state index is 0.000722. The first-order valence-corrected chi connectivity index (χ1v) is 10.7. The standard InChI is InChI=1S/C19H12Br3N3O5/c20-12-7-15(21)19(16(22)8-12)29-10-18(26)24-23-9-14-5-6-17(30-14)11-1-3-13(4-2-11)25(27)28/h1-9H,10H2,(H,24,26)/b23-9+. The molecule has 0 saturated carbocycles. The summed E-state index contributed by atoms with van der Waals surface area (Å²) in [6.45, 7) is -0.234. The molecule has 11 heteroatoms. The number of nitro groups is 1. The van der Waals surface area contributed by atoms with E-state index in [4.69, 9.17) is 9.15 Å². The maximum absolute atomic E-state index is 11.9. The van der Waals surface area contributed by atoms with Crippen molar-refractivity contribution in [1.29, 1.82) is 0 Å². The number of hydrogen-bond acceptors (Lipinski definition) is 6. The second-order valence-corrected chi connectivity index (χ2v) is 8.41. The summed E-state index contributed by atoms with van der Waals surface area (Å²) in [5.74, 6) is 0.972. The number of halogens is 3. The average Bonchev–Trinajstić information content (AvgIpc) is 3.16. The lowest BCUT2D eigenvalue weighted by Gasteiger charge is -2.09. The first kappa shape index (κ1) is 22.2. The van der Waals surface area contributed by atoms with Crippen LogP contribution < -0.4 is 10.2 Å². The van der Waals surface area contributed by atoms with E-state index in [1.165, 1.54) is 18.3 Å². The van der Waals surface area contributed by atoms with Crippen LogP contribution in [0, 0.1) is 10.1 Å². The molecular formula is C19H12Br3N3O5. The number of nitro benzene ring substituents is 1. The van der Waals surface area contributed by atoms with Crippen molar-refractivity contribution in [2.45, 2.75) is 0 Å². The van der Waals surface area contributed by atoms with Gasteiger partial charge < -0.3 is 9.15 Å². The van der Waals surface area contributed by atoms with E-state index in [1.54, 1.807) is 36.4 Å². The molecule has 0 aliphatic rings. The topological polar surface area (TPSA) is 107 Å². The summed E-state index contributed by atoms with van der Waals surface area (Å²) in [4.78, 5) is 22.2. The van der Waals surface area contributed by atoms with Crippen LogP contribution in [-0.4, -0.2) is 23.7 Å². The Kier molecular flexibility index (Phi) is 7.40. The molecule has 0 spiro atoms. The number of nitrogens with zero attached hydrogens (tertiary/aromatic N) is 2. The Hall–Kier alpha value is -2.50. The molecule has 1 heterocycles. The Balaban J connectivity index is 1.54.